The molecule has 0 aliphatic heterocycles. The van der Waals surface area contributed by atoms with Crippen molar-refractivity contribution < 1.29 is 17.5 Å². The number of nitrogens with zero attached hydrogens (tertiary/aromatic N) is 1. The molecule has 130 valence electrons. The Morgan fingerprint density at radius 1 is 1.24 bits per heavy atom. The fraction of sp³-hybridized carbons (Fsp3) is 0.118. The van der Waals surface area contributed by atoms with E-state index < -0.39 is 15.8 Å². The second-order valence-corrected chi connectivity index (χ2v) is 7.89. The molecule has 0 amide bonds. The number of halogens is 1. The average Bonchev–Trinajstić information content (AvgIpc) is 3.15. The first-order chi connectivity index (χ1) is 12.0. The van der Waals surface area contributed by atoms with Crippen molar-refractivity contribution in [3.63, 3.8) is 0 Å². The predicted octanol–water partition coefficient (Wildman–Crippen LogP) is 3.44. The number of benzene rings is 1. The molecule has 0 unspecified atom stereocenters. The Balaban J connectivity index is 1.76. The zero-order valence-electron chi connectivity index (χ0n) is 13.3. The Hall–Kier alpha value is -2.29. The first-order valence-corrected chi connectivity index (χ1v) is 9.67. The molecule has 0 spiro atoms. The summed E-state index contributed by atoms with van der Waals surface area (Å²) in [5.41, 5.74) is 1.63. The maximum Gasteiger partial charge on any atom is 0.240 e. The topological polar surface area (TPSA) is 68.3 Å². The Morgan fingerprint density at radius 3 is 2.76 bits per heavy atom. The highest BCUT2D eigenvalue weighted by Gasteiger charge is 2.16. The van der Waals surface area contributed by atoms with Gasteiger partial charge in [0.15, 0.2) is 11.6 Å². The maximum absolute atomic E-state index is 13.7. The lowest BCUT2D eigenvalue weighted by molar-refractivity contribution is 0.385. The number of ether oxygens (including phenoxy) is 1. The number of hydrogen-bond acceptors (Lipinski definition) is 5. The number of hydrogen-bond donors (Lipinski definition) is 1. The number of pyridine rings is 1. The molecule has 2 heterocycles. The summed E-state index contributed by atoms with van der Waals surface area (Å²) in [4.78, 5) is 5.04. The zero-order chi connectivity index (χ0) is 17.9. The molecule has 1 N–H and O–H groups in total. The van der Waals surface area contributed by atoms with Crippen molar-refractivity contribution in [1.29, 1.82) is 0 Å². The lowest BCUT2D eigenvalue weighted by atomic mass is 10.2. The van der Waals surface area contributed by atoms with E-state index in [0.29, 0.717) is 5.56 Å². The van der Waals surface area contributed by atoms with Gasteiger partial charge in [-0.05, 0) is 41.3 Å². The van der Waals surface area contributed by atoms with Crippen LogP contribution in [-0.4, -0.2) is 20.5 Å². The third-order valence-electron chi connectivity index (χ3n) is 3.50. The molecule has 0 saturated heterocycles. The van der Waals surface area contributed by atoms with E-state index in [1.807, 2.05) is 23.6 Å². The molecule has 0 aliphatic carbocycles. The van der Waals surface area contributed by atoms with Crippen molar-refractivity contribution in [1.82, 2.24) is 9.71 Å². The van der Waals surface area contributed by atoms with Crippen LogP contribution in [0.25, 0.3) is 10.4 Å². The molecule has 5 nitrogen and oxygen atoms in total. The van der Waals surface area contributed by atoms with Crippen molar-refractivity contribution in [2.45, 2.75) is 11.4 Å². The molecule has 25 heavy (non-hydrogen) atoms. The summed E-state index contributed by atoms with van der Waals surface area (Å²) in [6.07, 6.45) is 3.32. The standard InChI is InChI=1S/C17H15FN2O3S2/c1-23-16-5-4-14(8-15(16)18)25(21,22)20-10-12-7-13(11-19-9-12)17-3-2-6-24-17/h2-9,11,20H,10H2,1H3. The van der Waals surface area contributed by atoms with Gasteiger partial charge in [-0.2, -0.15) is 0 Å². The van der Waals surface area contributed by atoms with E-state index >= 15 is 0 Å². The molecule has 0 bridgehead atoms. The first-order valence-electron chi connectivity index (χ1n) is 7.30. The van der Waals surface area contributed by atoms with Crippen LogP contribution in [0.5, 0.6) is 5.75 Å². The summed E-state index contributed by atoms with van der Waals surface area (Å²) in [7, 11) is -2.53. The Bertz CT molecular complexity index is 973. The molecular weight excluding hydrogens is 363 g/mol. The highest BCUT2D eigenvalue weighted by molar-refractivity contribution is 7.89. The average molecular weight is 378 g/mol. The summed E-state index contributed by atoms with van der Waals surface area (Å²) in [5, 5.41) is 1.96. The van der Waals surface area contributed by atoms with Gasteiger partial charge in [-0.1, -0.05) is 6.07 Å². The highest BCUT2D eigenvalue weighted by Crippen LogP contribution is 2.25. The third kappa shape index (κ3) is 4.04. The van der Waals surface area contributed by atoms with Gasteiger partial charge >= 0.3 is 0 Å². The number of rotatable bonds is 6. The maximum atomic E-state index is 13.7. The fourth-order valence-electron chi connectivity index (χ4n) is 2.24. The number of thiophene rings is 1. The summed E-state index contributed by atoms with van der Waals surface area (Å²) in [6.45, 7) is 0.0577. The smallest absolute Gasteiger partial charge is 0.240 e. The fourth-order valence-corrected chi connectivity index (χ4v) is 3.98. The zero-order valence-corrected chi connectivity index (χ0v) is 14.9. The van der Waals surface area contributed by atoms with Crippen molar-refractivity contribution in [2.75, 3.05) is 7.11 Å². The van der Waals surface area contributed by atoms with Gasteiger partial charge < -0.3 is 4.74 Å². The molecule has 1 aromatic carbocycles. The first kappa shape index (κ1) is 17.5. The molecule has 8 heteroatoms. The van der Waals surface area contributed by atoms with E-state index in [9.17, 15) is 12.8 Å². The van der Waals surface area contributed by atoms with Crippen molar-refractivity contribution in [3.05, 3.63) is 65.6 Å². The Kier molecular flexibility index (Phi) is 5.12. The van der Waals surface area contributed by atoms with Gasteiger partial charge in [0.1, 0.15) is 0 Å². The van der Waals surface area contributed by atoms with Gasteiger partial charge in [-0.15, -0.1) is 11.3 Å². The molecule has 0 radical (unpaired) electrons. The Morgan fingerprint density at radius 2 is 2.08 bits per heavy atom. The summed E-state index contributed by atoms with van der Waals surface area (Å²) in [5.74, 6) is -0.737. The van der Waals surface area contributed by atoms with Gasteiger partial charge in [0.2, 0.25) is 10.0 Å². The second kappa shape index (κ2) is 7.30. The van der Waals surface area contributed by atoms with Crippen LogP contribution in [0, 0.1) is 5.82 Å². The lowest BCUT2D eigenvalue weighted by Gasteiger charge is -2.09. The van der Waals surface area contributed by atoms with Crippen LogP contribution in [0.4, 0.5) is 4.39 Å². The van der Waals surface area contributed by atoms with Crippen LogP contribution in [0.15, 0.2) is 59.1 Å². The molecule has 3 rings (SSSR count). The molecular formula is C17H15FN2O3S2. The van der Waals surface area contributed by atoms with Crippen LogP contribution in [-0.2, 0) is 16.6 Å². The predicted molar refractivity (Wildman–Crippen MR) is 94.5 cm³/mol. The van der Waals surface area contributed by atoms with Crippen LogP contribution >= 0.6 is 11.3 Å². The van der Waals surface area contributed by atoms with Crippen molar-refractivity contribution in [3.8, 4) is 16.2 Å². The van der Waals surface area contributed by atoms with Crippen molar-refractivity contribution >= 4 is 21.4 Å². The number of nitrogens with one attached hydrogen (secondary N) is 1. The van der Waals surface area contributed by atoms with Gasteiger partial charge in [-0.25, -0.2) is 17.5 Å². The van der Waals surface area contributed by atoms with Crippen LogP contribution in [0.3, 0.4) is 0 Å². The van der Waals surface area contributed by atoms with Crippen LogP contribution in [0.1, 0.15) is 5.56 Å². The van der Waals surface area contributed by atoms with Crippen LogP contribution in [0.2, 0.25) is 0 Å². The third-order valence-corrected chi connectivity index (χ3v) is 5.82. The minimum Gasteiger partial charge on any atom is -0.494 e. The summed E-state index contributed by atoms with van der Waals surface area (Å²) in [6, 6.07) is 9.29. The summed E-state index contributed by atoms with van der Waals surface area (Å²) < 4.78 is 45.6. The molecule has 0 saturated carbocycles. The second-order valence-electron chi connectivity index (χ2n) is 5.18. The molecule has 3 aromatic rings. The largest absolute Gasteiger partial charge is 0.494 e. The number of methoxy groups -OCH3 is 1. The van der Waals surface area contributed by atoms with E-state index in [0.717, 1.165) is 16.5 Å². The molecule has 0 fully saturated rings. The lowest BCUT2D eigenvalue weighted by Crippen LogP contribution is -2.23. The molecule has 0 atom stereocenters. The monoisotopic (exact) mass is 378 g/mol. The summed E-state index contributed by atoms with van der Waals surface area (Å²) >= 11 is 1.58. The van der Waals surface area contributed by atoms with E-state index in [1.54, 1.807) is 23.7 Å². The Labute approximate surface area is 149 Å². The molecule has 0 aliphatic rings. The van der Waals surface area contributed by atoms with Gasteiger partial charge in [0.05, 0.1) is 12.0 Å². The van der Waals surface area contributed by atoms with Gasteiger partial charge in [0.25, 0.3) is 0 Å². The van der Waals surface area contributed by atoms with E-state index in [1.165, 1.54) is 19.2 Å². The highest BCUT2D eigenvalue weighted by atomic mass is 32.2. The normalized spacial score (nSPS) is 11.4. The van der Waals surface area contributed by atoms with E-state index in [2.05, 4.69) is 9.71 Å². The number of sulfonamides is 1. The van der Waals surface area contributed by atoms with Crippen LogP contribution < -0.4 is 9.46 Å². The van der Waals surface area contributed by atoms with Gasteiger partial charge in [-0.3, -0.25) is 4.98 Å². The minimum absolute atomic E-state index is 0.00759. The van der Waals surface area contributed by atoms with Gasteiger partial charge in [0, 0.05) is 29.4 Å². The van der Waals surface area contributed by atoms with E-state index in [4.69, 9.17) is 4.74 Å². The SMILES string of the molecule is COc1ccc(S(=O)(=O)NCc2cncc(-c3cccs3)c2)cc1F. The molecule has 2 aromatic heterocycles. The minimum atomic E-state index is -3.84. The van der Waals surface area contributed by atoms with Crippen molar-refractivity contribution in [2.24, 2.45) is 0 Å². The van der Waals surface area contributed by atoms with E-state index in [-0.39, 0.29) is 17.2 Å². The number of aromatic nitrogens is 1. The quantitative estimate of drug-likeness (QED) is 0.713.